The van der Waals surface area contributed by atoms with E-state index in [1.54, 1.807) is 0 Å². The van der Waals surface area contributed by atoms with Gasteiger partial charge in [-0.25, -0.2) is 0 Å². The Morgan fingerprint density at radius 3 is 1.86 bits per heavy atom. The van der Waals surface area contributed by atoms with Gasteiger partial charge in [0.1, 0.15) is 0 Å². The van der Waals surface area contributed by atoms with Gasteiger partial charge in [0.25, 0.3) is 0 Å². The maximum Gasteiger partial charge on any atom is 0.0640 e. The van der Waals surface area contributed by atoms with Gasteiger partial charge < -0.3 is 9.47 Å². The molecule has 2 nitrogen and oxygen atoms in total. The maximum absolute atomic E-state index is 2.44. The SMILES string of the molecule is c1ccc(-c2ccc(N(c3ccc4c(c3)c3cc5ccccc5cc3n4-c3ccccc3)c3cccc4c3sc3ccccc34)cc2)cc1. The molecule has 0 spiro atoms. The summed E-state index contributed by atoms with van der Waals surface area (Å²) in [7, 11) is 0. The molecule has 49 heavy (non-hydrogen) atoms. The average Bonchev–Trinajstić information content (AvgIpc) is 3.71. The van der Waals surface area contributed by atoms with Crippen LogP contribution in [-0.2, 0) is 0 Å². The molecule has 2 aromatic heterocycles. The predicted octanol–water partition coefficient (Wildman–Crippen LogP) is 13.4. The third-order valence-electron chi connectivity index (χ3n) is 9.75. The second-order valence-corrected chi connectivity index (χ2v) is 13.6. The van der Waals surface area contributed by atoms with E-state index in [4.69, 9.17) is 0 Å². The molecule has 2 heterocycles. The lowest BCUT2D eigenvalue weighted by Gasteiger charge is -2.26. The molecule has 0 unspecified atom stereocenters. The molecule has 0 bridgehead atoms. The summed E-state index contributed by atoms with van der Waals surface area (Å²) in [5, 5.41) is 7.56. The molecule has 0 aliphatic carbocycles. The van der Waals surface area contributed by atoms with E-state index in [0.717, 1.165) is 17.1 Å². The molecule has 0 aliphatic heterocycles. The van der Waals surface area contributed by atoms with E-state index in [2.05, 4.69) is 191 Å². The van der Waals surface area contributed by atoms with Gasteiger partial charge in [-0.3, -0.25) is 0 Å². The van der Waals surface area contributed by atoms with E-state index in [1.807, 2.05) is 11.3 Å². The summed E-state index contributed by atoms with van der Waals surface area (Å²) in [5.41, 5.74) is 9.43. The number of aromatic nitrogens is 1. The van der Waals surface area contributed by atoms with Crippen LogP contribution in [0.1, 0.15) is 0 Å². The van der Waals surface area contributed by atoms with Crippen molar-refractivity contribution in [3.63, 3.8) is 0 Å². The smallest absolute Gasteiger partial charge is 0.0640 e. The summed E-state index contributed by atoms with van der Waals surface area (Å²) in [6, 6.07) is 66.2. The van der Waals surface area contributed by atoms with Crippen LogP contribution in [0.25, 0.3) is 69.6 Å². The summed E-state index contributed by atoms with van der Waals surface area (Å²) in [4.78, 5) is 2.44. The van der Waals surface area contributed by atoms with Crippen LogP contribution in [0.15, 0.2) is 182 Å². The van der Waals surface area contributed by atoms with Crippen LogP contribution < -0.4 is 4.90 Å². The molecule has 230 valence electrons. The average molecular weight is 643 g/mol. The van der Waals surface area contributed by atoms with Crippen molar-refractivity contribution in [2.45, 2.75) is 0 Å². The third kappa shape index (κ3) is 4.55. The van der Waals surface area contributed by atoms with Crippen LogP contribution in [0, 0.1) is 0 Å². The Morgan fingerprint density at radius 1 is 0.408 bits per heavy atom. The molecule has 0 saturated carbocycles. The summed E-state index contributed by atoms with van der Waals surface area (Å²) in [6.45, 7) is 0. The minimum Gasteiger partial charge on any atom is -0.309 e. The van der Waals surface area contributed by atoms with E-state index in [9.17, 15) is 0 Å². The minimum atomic E-state index is 1.13. The first-order valence-corrected chi connectivity index (χ1v) is 17.5. The number of fused-ring (bicyclic) bond motifs is 7. The van der Waals surface area contributed by atoms with Crippen molar-refractivity contribution in [3.8, 4) is 16.8 Å². The van der Waals surface area contributed by atoms with Crippen molar-refractivity contribution in [3.05, 3.63) is 182 Å². The second kappa shape index (κ2) is 11.2. The van der Waals surface area contributed by atoms with Gasteiger partial charge in [0.2, 0.25) is 0 Å². The Hall–Kier alpha value is -6.16. The Labute approximate surface area is 288 Å². The Balaban J connectivity index is 1.24. The number of thiophene rings is 1. The zero-order valence-corrected chi connectivity index (χ0v) is 27.4. The van der Waals surface area contributed by atoms with Gasteiger partial charge >= 0.3 is 0 Å². The van der Waals surface area contributed by atoms with Gasteiger partial charge in [-0.1, -0.05) is 115 Å². The number of nitrogens with zero attached hydrogens (tertiary/aromatic N) is 2. The largest absolute Gasteiger partial charge is 0.309 e. The number of hydrogen-bond acceptors (Lipinski definition) is 2. The fraction of sp³-hybridized carbons (Fsp3) is 0. The first-order valence-electron chi connectivity index (χ1n) is 16.7. The quantitative estimate of drug-likeness (QED) is 0.181. The normalized spacial score (nSPS) is 11.7. The summed E-state index contributed by atoms with van der Waals surface area (Å²) in [6.07, 6.45) is 0. The monoisotopic (exact) mass is 642 g/mol. The van der Waals surface area contributed by atoms with Gasteiger partial charge in [-0.2, -0.15) is 0 Å². The molecule has 3 heteroatoms. The fourth-order valence-electron chi connectivity index (χ4n) is 7.46. The number of anilines is 3. The lowest BCUT2D eigenvalue weighted by Crippen LogP contribution is -2.10. The summed E-state index contributed by atoms with van der Waals surface area (Å²) >= 11 is 1.87. The standard InChI is InChI=1S/C46H30N2S/c1-3-12-31(13-4-1)32-22-24-36(25-23-32)47(43-20-11-19-39-38-18-9-10-21-45(38)49-46(39)43)37-26-27-42-41(30-37)40-28-33-14-7-8-15-34(33)29-44(40)48(42)35-16-5-2-6-17-35/h1-30H. The summed E-state index contributed by atoms with van der Waals surface area (Å²) in [5.74, 6) is 0. The topological polar surface area (TPSA) is 8.17 Å². The van der Waals surface area contributed by atoms with Gasteiger partial charge in [0, 0.05) is 43.3 Å². The number of benzene rings is 8. The predicted molar refractivity (Wildman–Crippen MR) is 211 cm³/mol. The van der Waals surface area contributed by atoms with Crippen LogP contribution in [0.3, 0.4) is 0 Å². The van der Waals surface area contributed by atoms with E-state index in [1.165, 1.54) is 69.6 Å². The first kappa shape index (κ1) is 27.9. The Morgan fingerprint density at radius 2 is 1.04 bits per heavy atom. The third-order valence-corrected chi connectivity index (χ3v) is 11.0. The van der Waals surface area contributed by atoms with Crippen LogP contribution in [0.4, 0.5) is 17.1 Å². The van der Waals surface area contributed by atoms with E-state index >= 15 is 0 Å². The first-order chi connectivity index (χ1) is 24.3. The molecule has 0 saturated heterocycles. The number of rotatable bonds is 5. The van der Waals surface area contributed by atoms with Crippen LogP contribution in [0.2, 0.25) is 0 Å². The Kier molecular flexibility index (Phi) is 6.39. The molecule has 0 atom stereocenters. The zero-order valence-electron chi connectivity index (χ0n) is 26.6. The van der Waals surface area contributed by atoms with Gasteiger partial charge in [-0.05, 0) is 88.6 Å². The molecule has 0 amide bonds. The number of para-hydroxylation sites is 1. The van der Waals surface area contributed by atoms with E-state index in [0.29, 0.717) is 0 Å². The van der Waals surface area contributed by atoms with Crippen molar-refractivity contribution in [1.82, 2.24) is 4.57 Å². The molecule has 8 aromatic carbocycles. The maximum atomic E-state index is 2.44. The van der Waals surface area contributed by atoms with Gasteiger partial charge in [-0.15, -0.1) is 11.3 Å². The summed E-state index contributed by atoms with van der Waals surface area (Å²) < 4.78 is 5.00. The van der Waals surface area contributed by atoms with Crippen LogP contribution in [-0.4, -0.2) is 4.57 Å². The fourth-order valence-corrected chi connectivity index (χ4v) is 8.66. The minimum absolute atomic E-state index is 1.13. The molecule has 10 aromatic rings. The van der Waals surface area contributed by atoms with Gasteiger partial charge in [0.05, 0.1) is 21.4 Å². The van der Waals surface area contributed by atoms with Crippen molar-refractivity contribution in [2.24, 2.45) is 0 Å². The molecule has 0 N–H and O–H groups in total. The highest BCUT2D eigenvalue weighted by atomic mass is 32.1. The highest BCUT2D eigenvalue weighted by Gasteiger charge is 2.21. The number of hydrogen-bond donors (Lipinski definition) is 0. The highest BCUT2D eigenvalue weighted by molar-refractivity contribution is 7.26. The second-order valence-electron chi connectivity index (χ2n) is 12.6. The molecule has 10 rings (SSSR count). The van der Waals surface area contributed by atoms with E-state index < -0.39 is 0 Å². The van der Waals surface area contributed by atoms with Gasteiger partial charge in [0.15, 0.2) is 0 Å². The molecule has 0 fully saturated rings. The van der Waals surface area contributed by atoms with Crippen LogP contribution >= 0.6 is 11.3 Å². The molecular formula is C46H30N2S. The molecule has 0 radical (unpaired) electrons. The van der Waals surface area contributed by atoms with E-state index in [-0.39, 0.29) is 0 Å². The van der Waals surface area contributed by atoms with Crippen molar-refractivity contribution in [2.75, 3.05) is 4.90 Å². The molecule has 0 aliphatic rings. The van der Waals surface area contributed by atoms with Crippen molar-refractivity contribution in [1.29, 1.82) is 0 Å². The lowest BCUT2D eigenvalue weighted by atomic mass is 10.0. The highest BCUT2D eigenvalue weighted by Crippen LogP contribution is 2.46. The zero-order chi connectivity index (χ0) is 32.3. The van der Waals surface area contributed by atoms with Crippen LogP contribution in [0.5, 0.6) is 0 Å². The van der Waals surface area contributed by atoms with Crippen molar-refractivity contribution >= 4 is 81.1 Å². The Bertz CT molecular complexity index is 2810. The lowest BCUT2D eigenvalue weighted by molar-refractivity contribution is 1.18. The molecular weight excluding hydrogens is 613 g/mol. The van der Waals surface area contributed by atoms with Crippen molar-refractivity contribution < 1.29 is 0 Å².